The second-order valence-electron chi connectivity index (χ2n) is 16.9. The monoisotopic (exact) mass is 694 g/mol. The van der Waals surface area contributed by atoms with Gasteiger partial charge in [0.15, 0.2) is 0 Å². The van der Waals surface area contributed by atoms with Crippen LogP contribution in [0.15, 0.2) is 164 Å². The van der Waals surface area contributed by atoms with E-state index in [1.54, 1.807) is 0 Å². The first kappa shape index (κ1) is 32.9. The number of benzene rings is 8. The summed E-state index contributed by atoms with van der Waals surface area (Å²) < 4.78 is 0. The predicted octanol–water partition coefficient (Wildman–Crippen LogP) is 13.8. The summed E-state index contributed by atoms with van der Waals surface area (Å²) in [4.78, 5) is 0. The molecule has 0 radical (unpaired) electrons. The van der Waals surface area contributed by atoms with Crippen LogP contribution in [0.2, 0.25) is 0 Å². The van der Waals surface area contributed by atoms with Crippen LogP contribution in [0.5, 0.6) is 0 Å². The van der Waals surface area contributed by atoms with Crippen molar-refractivity contribution in [1.29, 1.82) is 0 Å². The third kappa shape index (κ3) is 5.18. The van der Waals surface area contributed by atoms with Crippen molar-refractivity contribution in [3.63, 3.8) is 0 Å². The van der Waals surface area contributed by atoms with Gasteiger partial charge in [0.2, 0.25) is 0 Å². The molecule has 0 nitrogen and oxygen atoms in total. The van der Waals surface area contributed by atoms with Gasteiger partial charge in [0.05, 0.1) is 0 Å². The summed E-state index contributed by atoms with van der Waals surface area (Å²) in [6.07, 6.45) is 2.95. The average Bonchev–Trinajstić information content (AvgIpc) is 3.56. The third-order valence-corrected chi connectivity index (χ3v) is 13.0. The smallest absolute Gasteiger partial charge is 0.0159 e. The topological polar surface area (TPSA) is 0 Å². The largest absolute Gasteiger partial charge is 0.0622 e. The summed E-state index contributed by atoms with van der Waals surface area (Å²) >= 11 is 0. The summed E-state index contributed by atoms with van der Waals surface area (Å²) in [5.41, 5.74) is 18.3. The van der Waals surface area contributed by atoms with Gasteiger partial charge in [-0.15, -0.1) is 0 Å². The van der Waals surface area contributed by atoms with E-state index in [1.165, 1.54) is 93.9 Å². The van der Waals surface area contributed by atoms with Gasteiger partial charge < -0.3 is 0 Å². The fourth-order valence-corrected chi connectivity index (χ4v) is 10.1. The minimum Gasteiger partial charge on any atom is -0.0622 e. The highest BCUT2D eigenvalue weighted by Gasteiger charge is 2.42. The van der Waals surface area contributed by atoms with Crippen LogP contribution in [-0.4, -0.2) is 0 Å². The van der Waals surface area contributed by atoms with Crippen molar-refractivity contribution >= 4 is 21.5 Å². The summed E-state index contributed by atoms with van der Waals surface area (Å²) in [6, 6.07) is 61.9. The predicted molar refractivity (Wildman–Crippen MR) is 229 cm³/mol. The van der Waals surface area contributed by atoms with Crippen LogP contribution >= 0.6 is 0 Å². The van der Waals surface area contributed by atoms with E-state index in [1.807, 2.05) is 0 Å². The van der Waals surface area contributed by atoms with Gasteiger partial charge in [-0.3, -0.25) is 0 Å². The molecular weight excluding hydrogens is 649 g/mol. The fourth-order valence-electron chi connectivity index (χ4n) is 10.1. The van der Waals surface area contributed by atoms with Gasteiger partial charge in [-0.2, -0.15) is 0 Å². The quantitative estimate of drug-likeness (QED) is 0.156. The Morgan fingerprint density at radius 3 is 1.81 bits per heavy atom. The lowest BCUT2D eigenvalue weighted by Crippen LogP contribution is -2.17. The van der Waals surface area contributed by atoms with Gasteiger partial charge in [0, 0.05) is 10.8 Å². The zero-order chi connectivity index (χ0) is 36.6. The average molecular weight is 695 g/mol. The van der Waals surface area contributed by atoms with Gasteiger partial charge >= 0.3 is 0 Å². The molecule has 0 saturated carbocycles. The van der Waals surface area contributed by atoms with Crippen LogP contribution in [-0.2, 0) is 30.1 Å². The number of rotatable bonds is 7. The highest BCUT2D eigenvalue weighted by atomic mass is 14.5. The van der Waals surface area contributed by atoms with E-state index >= 15 is 0 Å². The van der Waals surface area contributed by atoms with Crippen molar-refractivity contribution in [2.45, 2.75) is 63.7 Å². The molecule has 1 atom stereocenters. The minimum atomic E-state index is -0.108. The molecule has 0 saturated heterocycles. The first-order chi connectivity index (χ1) is 26.3. The van der Waals surface area contributed by atoms with Gasteiger partial charge in [-0.25, -0.2) is 0 Å². The highest BCUT2D eigenvalue weighted by Crippen LogP contribution is 2.57. The third-order valence-electron chi connectivity index (χ3n) is 13.0. The van der Waals surface area contributed by atoms with Gasteiger partial charge in [0.25, 0.3) is 0 Å². The molecule has 2 aliphatic rings. The summed E-state index contributed by atoms with van der Waals surface area (Å²) in [5.74, 6) is 0.378. The molecule has 8 aromatic rings. The first-order valence-corrected chi connectivity index (χ1v) is 19.7. The SMILES string of the molecule is CC1(C)c2cc(CC(Cc3cccc4ccccc34)c3ccccc3)ccc2-c2cc3c(cc21)-c1c(cc(Cc2ccccc2)c2ccccc12)C3(C)C. The van der Waals surface area contributed by atoms with Crippen molar-refractivity contribution in [2.75, 3.05) is 0 Å². The van der Waals surface area contributed by atoms with E-state index in [4.69, 9.17) is 0 Å². The first-order valence-electron chi connectivity index (χ1n) is 19.7. The Kier molecular flexibility index (Phi) is 7.57. The molecule has 0 heterocycles. The van der Waals surface area contributed by atoms with E-state index < -0.39 is 0 Å². The van der Waals surface area contributed by atoms with Crippen molar-refractivity contribution in [2.24, 2.45) is 0 Å². The zero-order valence-electron chi connectivity index (χ0n) is 31.8. The highest BCUT2D eigenvalue weighted by molar-refractivity contribution is 6.05. The number of hydrogen-bond acceptors (Lipinski definition) is 0. The van der Waals surface area contributed by atoms with E-state index in [0.29, 0.717) is 5.92 Å². The lowest BCUT2D eigenvalue weighted by molar-refractivity contribution is 0.648. The summed E-state index contributed by atoms with van der Waals surface area (Å²) in [7, 11) is 0. The lowest BCUT2D eigenvalue weighted by Gasteiger charge is -2.25. The Morgan fingerprint density at radius 2 is 1.02 bits per heavy atom. The molecule has 54 heavy (non-hydrogen) atoms. The van der Waals surface area contributed by atoms with Crippen molar-refractivity contribution in [3.8, 4) is 22.3 Å². The Labute approximate surface area is 320 Å². The van der Waals surface area contributed by atoms with Crippen LogP contribution in [0, 0.1) is 0 Å². The molecule has 2 aliphatic carbocycles. The van der Waals surface area contributed by atoms with Crippen LogP contribution in [0.25, 0.3) is 43.8 Å². The Morgan fingerprint density at radius 1 is 0.407 bits per heavy atom. The van der Waals surface area contributed by atoms with Crippen LogP contribution < -0.4 is 0 Å². The zero-order valence-corrected chi connectivity index (χ0v) is 31.8. The van der Waals surface area contributed by atoms with E-state index in [9.17, 15) is 0 Å². The Hall–Kier alpha value is -5.72. The van der Waals surface area contributed by atoms with Crippen molar-refractivity contribution < 1.29 is 0 Å². The van der Waals surface area contributed by atoms with Crippen LogP contribution in [0.4, 0.5) is 0 Å². The molecular formula is C54H46. The molecule has 10 rings (SSSR count). The molecule has 0 spiro atoms. The molecule has 8 aromatic carbocycles. The molecule has 262 valence electrons. The summed E-state index contributed by atoms with van der Waals surface area (Å²) in [6.45, 7) is 9.77. The fraction of sp³-hybridized carbons (Fsp3) is 0.185. The van der Waals surface area contributed by atoms with Gasteiger partial charge in [0.1, 0.15) is 0 Å². The maximum atomic E-state index is 2.58. The molecule has 0 bridgehead atoms. The summed E-state index contributed by atoms with van der Waals surface area (Å²) in [5, 5.41) is 5.43. The molecule has 0 amide bonds. The maximum absolute atomic E-state index is 2.58. The van der Waals surface area contributed by atoms with Crippen LogP contribution in [0.3, 0.4) is 0 Å². The molecule has 1 unspecified atom stereocenters. The van der Waals surface area contributed by atoms with E-state index in [0.717, 1.165) is 19.3 Å². The van der Waals surface area contributed by atoms with Crippen LogP contribution in [0.1, 0.15) is 83.7 Å². The van der Waals surface area contributed by atoms with E-state index in [-0.39, 0.29) is 10.8 Å². The van der Waals surface area contributed by atoms with Crippen molar-refractivity contribution in [3.05, 3.63) is 214 Å². The van der Waals surface area contributed by atoms with Crippen molar-refractivity contribution in [1.82, 2.24) is 0 Å². The molecule has 0 fully saturated rings. The molecule has 0 heteroatoms. The Bertz CT molecular complexity index is 2720. The molecule has 0 aromatic heterocycles. The van der Waals surface area contributed by atoms with Gasteiger partial charge in [-0.05, 0) is 131 Å². The number of hydrogen-bond donors (Lipinski definition) is 0. The molecule has 0 aliphatic heterocycles. The second kappa shape index (κ2) is 12.4. The Balaban J connectivity index is 1.04. The minimum absolute atomic E-state index is 0.105. The van der Waals surface area contributed by atoms with E-state index in [2.05, 4.69) is 191 Å². The number of fused-ring (bicyclic) bond motifs is 9. The maximum Gasteiger partial charge on any atom is 0.0159 e. The second-order valence-corrected chi connectivity index (χ2v) is 16.9. The lowest BCUT2D eigenvalue weighted by atomic mass is 9.78. The standard InChI is InChI=1S/C54H46/c1-53(2)48-30-36(29-40(37-18-9-6-10-19-37)31-39-22-15-21-38-20-11-12-23-42(38)39)26-27-44(48)46-33-50-47(34-49(46)53)52-45-25-14-13-24-43(45)41(32-51(52)54(50,3)4)28-35-16-7-5-8-17-35/h5-27,30,32-34,40H,28-29,31H2,1-4H3. The van der Waals surface area contributed by atoms with Gasteiger partial charge in [-0.1, -0.05) is 179 Å². The molecule has 0 N–H and O–H groups in total. The normalized spacial score (nSPS) is 15.1.